The highest BCUT2D eigenvalue weighted by Gasteiger charge is 2.05. The topological polar surface area (TPSA) is 52.1 Å². The molecule has 2 rings (SSSR count). The lowest BCUT2D eigenvalue weighted by atomic mass is 10.2. The third-order valence-corrected chi connectivity index (χ3v) is 3.60. The van der Waals surface area contributed by atoms with Crippen LogP contribution in [0.4, 0.5) is 0 Å². The van der Waals surface area contributed by atoms with Crippen molar-refractivity contribution >= 4 is 17.6 Å². The minimum Gasteiger partial charge on any atom is -0.477 e. The zero-order chi connectivity index (χ0) is 13.0. The summed E-state index contributed by atoms with van der Waals surface area (Å²) in [4.78, 5) is 20.1. The number of nitrogens with zero attached hydrogens (tertiary/aromatic N) is 2. The number of carbonyl (C=O) groups is 1. The molecule has 0 spiro atoms. The van der Waals surface area contributed by atoms with Gasteiger partial charge in [0.05, 0.1) is 17.8 Å². The fraction of sp³-hybridized carbons (Fsp3) is 0.308. The van der Waals surface area contributed by atoms with Crippen LogP contribution in [0, 0.1) is 13.8 Å². The van der Waals surface area contributed by atoms with Crippen LogP contribution in [-0.4, -0.2) is 22.9 Å². The van der Waals surface area contributed by atoms with Crippen molar-refractivity contribution in [2.75, 3.05) is 6.61 Å². The van der Waals surface area contributed by atoms with Crippen LogP contribution in [0.25, 0.3) is 0 Å². The van der Waals surface area contributed by atoms with Gasteiger partial charge < -0.3 is 4.74 Å². The van der Waals surface area contributed by atoms with Gasteiger partial charge in [0.1, 0.15) is 0 Å². The van der Waals surface area contributed by atoms with Crippen LogP contribution in [-0.2, 0) is 6.42 Å². The molecule has 0 saturated heterocycles. The molecule has 2 aromatic rings. The smallest absolute Gasteiger partial charge is 0.216 e. The Hall–Kier alpha value is -1.75. The number of aryl methyl sites for hydroxylation is 2. The highest BCUT2D eigenvalue weighted by Crippen LogP contribution is 2.16. The fourth-order valence-corrected chi connectivity index (χ4v) is 2.37. The van der Waals surface area contributed by atoms with Gasteiger partial charge in [-0.1, -0.05) is 0 Å². The molecule has 0 amide bonds. The molecule has 0 N–H and O–H groups in total. The first-order chi connectivity index (χ1) is 8.70. The fourth-order valence-electron chi connectivity index (χ4n) is 1.61. The van der Waals surface area contributed by atoms with Gasteiger partial charge in [0.15, 0.2) is 6.29 Å². The summed E-state index contributed by atoms with van der Waals surface area (Å²) in [6.07, 6.45) is 3.13. The van der Waals surface area contributed by atoms with E-state index in [0.717, 1.165) is 24.0 Å². The van der Waals surface area contributed by atoms with Crippen molar-refractivity contribution in [2.45, 2.75) is 20.3 Å². The quantitative estimate of drug-likeness (QED) is 0.777. The van der Waals surface area contributed by atoms with Gasteiger partial charge in [-0.05, 0) is 19.9 Å². The van der Waals surface area contributed by atoms with Gasteiger partial charge >= 0.3 is 0 Å². The monoisotopic (exact) mass is 262 g/mol. The average Bonchev–Trinajstić information content (AvgIpc) is 2.77. The summed E-state index contributed by atoms with van der Waals surface area (Å²) >= 11 is 1.64. The Kier molecular flexibility index (Phi) is 4.04. The standard InChI is InChI=1S/C13H14N2O2S/c1-9-5-11(7-16)6-14-13(9)17-4-3-12-10(2)15-8-18-12/h5-8H,3-4H2,1-2H3. The molecule has 0 fully saturated rings. The summed E-state index contributed by atoms with van der Waals surface area (Å²) in [6, 6.07) is 1.77. The van der Waals surface area contributed by atoms with E-state index in [4.69, 9.17) is 4.74 Å². The van der Waals surface area contributed by atoms with Crippen molar-refractivity contribution in [1.82, 2.24) is 9.97 Å². The summed E-state index contributed by atoms with van der Waals surface area (Å²) in [5, 5.41) is 0. The Morgan fingerprint density at radius 3 is 2.83 bits per heavy atom. The number of carbonyl (C=O) groups excluding carboxylic acids is 1. The number of hydrogen-bond donors (Lipinski definition) is 0. The lowest BCUT2D eigenvalue weighted by Crippen LogP contribution is -2.04. The van der Waals surface area contributed by atoms with Crippen LogP contribution >= 0.6 is 11.3 Å². The van der Waals surface area contributed by atoms with E-state index in [0.29, 0.717) is 18.1 Å². The molecule has 0 aliphatic rings. The SMILES string of the molecule is Cc1cc(C=O)cnc1OCCc1scnc1C. The minimum atomic E-state index is 0.567. The average molecular weight is 262 g/mol. The van der Waals surface area contributed by atoms with Gasteiger partial charge in [0.2, 0.25) is 5.88 Å². The predicted octanol–water partition coefficient (Wildman–Crippen LogP) is 2.59. The van der Waals surface area contributed by atoms with Crippen LogP contribution in [0.3, 0.4) is 0 Å². The number of hydrogen-bond acceptors (Lipinski definition) is 5. The number of ether oxygens (including phenoxy) is 1. The molecule has 0 aromatic carbocycles. The molecule has 0 saturated carbocycles. The van der Waals surface area contributed by atoms with E-state index in [1.165, 1.54) is 11.1 Å². The van der Waals surface area contributed by atoms with E-state index in [-0.39, 0.29) is 0 Å². The maximum Gasteiger partial charge on any atom is 0.216 e. The highest BCUT2D eigenvalue weighted by atomic mass is 32.1. The molecule has 0 aliphatic heterocycles. The molecular weight excluding hydrogens is 248 g/mol. The van der Waals surface area contributed by atoms with Gasteiger partial charge in [0.25, 0.3) is 0 Å². The maximum absolute atomic E-state index is 10.6. The normalized spacial score (nSPS) is 10.3. The van der Waals surface area contributed by atoms with E-state index in [2.05, 4.69) is 9.97 Å². The molecule has 5 heteroatoms. The largest absolute Gasteiger partial charge is 0.477 e. The molecule has 2 aromatic heterocycles. The lowest BCUT2D eigenvalue weighted by Gasteiger charge is -2.07. The Morgan fingerprint density at radius 2 is 2.22 bits per heavy atom. The molecule has 0 aliphatic carbocycles. The Bertz CT molecular complexity index is 552. The summed E-state index contributed by atoms with van der Waals surface area (Å²) in [5.74, 6) is 0.586. The van der Waals surface area contributed by atoms with Crippen LogP contribution in [0.1, 0.15) is 26.5 Å². The van der Waals surface area contributed by atoms with Gasteiger partial charge in [-0.2, -0.15) is 0 Å². The zero-order valence-corrected chi connectivity index (χ0v) is 11.2. The Labute approximate surface area is 110 Å². The Balaban J connectivity index is 1.94. The second-order valence-electron chi connectivity index (χ2n) is 3.97. The lowest BCUT2D eigenvalue weighted by molar-refractivity contribution is 0.112. The van der Waals surface area contributed by atoms with Gasteiger partial charge in [-0.3, -0.25) is 4.79 Å². The molecule has 2 heterocycles. The predicted molar refractivity (Wildman–Crippen MR) is 70.4 cm³/mol. The number of aromatic nitrogens is 2. The van der Waals surface area contributed by atoms with Crippen LogP contribution in [0.15, 0.2) is 17.8 Å². The van der Waals surface area contributed by atoms with E-state index in [1.54, 1.807) is 17.4 Å². The maximum atomic E-state index is 10.6. The number of aldehydes is 1. The van der Waals surface area contributed by atoms with E-state index < -0.39 is 0 Å². The van der Waals surface area contributed by atoms with Crippen molar-refractivity contribution < 1.29 is 9.53 Å². The second-order valence-corrected chi connectivity index (χ2v) is 4.91. The first-order valence-corrected chi connectivity index (χ1v) is 6.52. The second kappa shape index (κ2) is 5.73. The minimum absolute atomic E-state index is 0.567. The molecule has 0 unspecified atom stereocenters. The van der Waals surface area contributed by atoms with Gasteiger partial charge in [0, 0.05) is 28.6 Å². The third kappa shape index (κ3) is 2.92. The summed E-state index contributed by atoms with van der Waals surface area (Å²) < 4.78 is 5.62. The van der Waals surface area contributed by atoms with Crippen molar-refractivity contribution in [3.05, 3.63) is 39.5 Å². The van der Waals surface area contributed by atoms with Crippen molar-refractivity contribution in [3.63, 3.8) is 0 Å². The highest BCUT2D eigenvalue weighted by molar-refractivity contribution is 7.09. The molecule has 4 nitrogen and oxygen atoms in total. The number of rotatable bonds is 5. The van der Waals surface area contributed by atoms with Crippen LogP contribution in [0.5, 0.6) is 5.88 Å². The zero-order valence-electron chi connectivity index (χ0n) is 10.3. The van der Waals surface area contributed by atoms with Crippen molar-refractivity contribution in [1.29, 1.82) is 0 Å². The van der Waals surface area contributed by atoms with Crippen LogP contribution in [0.2, 0.25) is 0 Å². The summed E-state index contributed by atoms with van der Waals surface area (Å²) in [5.41, 5.74) is 4.34. The molecule has 0 radical (unpaired) electrons. The molecule has 0 bridgehead atoms. The first kappa shape index (κ1) is 12.7. The number of thiazole rings is 1. The van der Waals surface area contributed by atoms with E-state index >= 15 is 0 Å². The molecule has 0 atom stereocenters. The van der Waals surface area contributed by atoms with Gasteiger partial charge in [-0.15, -0.1) is 11.3 Å². The van der Waals surface area contributed by atoms with E-state index in [1.807, 2.05) is 19.4 Å². The molecule has 18 heavy (non-hydrogen) atoms. The summed E-state index contributed by atoms with van der Waals surface area (Å²) in [6.45, 7) is 4.44. The summed E-state index contributed by atoms with van der Waals surface area (Å²) in [7, 11) is 0. The Morgan fingerprint density at radius 1 is 1.39 bits per heavy atom. The third-order valence-electron chi connectivity index (χ3n) is 2.60. The van der Waals surface area contributed by atoms with Gasteiger partial charge in [-0.25, -0.2) is 9.97 Å². The van der Waals surface area contributed by atoms with E-state index in [9.17, 15) is 4.79 Å². The number of pyridine rings is 1. The first-order valence-electron chi connectivity index (χ1n) is 5.64. The molecule has 94 valence electrons. The molecular formula is C13H14N2O2S. The van der Waals surface area contributed by atoms with Crippen molar-refractivity contribution in [3.8, 4) is 5.88 Å². The van der Waals surface area contributed by atoms with Crippen molar-refractivity contribution in [2.24, 2.45) is 0 Å². The van der Waals surface area contributed by atoms with Crippen LogP contribution < -0.4 is 4.74 Å².